The highest BCUT2D eigenvalue weighted by Crippen LogP contribution is 2.25. The molecule has 3 aromatic rings. The number of aromatic nitrogens is 3. The molecule has 1 unspecified atom stereocenters. The van der Waals surface area contributed by atoms with Gasteiger partial charge in [0, 0.05) is 15.4 Å². The second-order valence-corrected chi connectivity index (χ2v) is 8.40. The first-order valence-corrected chi connectivity index (χ1v) is 9.76. The van der Waals surface area contributed by atoms with E-state index in [0.29, 0.717) is 23.1 Å². The van der Waals surface area contributed by atoms with Gasteiger partial charge in [-0.1, -0.05) is 39.8 Å². The smallest absolute Gasteiger partial charge is 0.277 e. The second kappa shape index (κ2) is 7.58. The number of Topliss-reactive ketones (excluding diaryl/α,β-unsaturated/α-hetero) is 1. The Morgan fingerprint density at radius 1 is 1.33 bits per heavy atom. The zero-order valence-electron chi connectivity index (χ0n) is 13.0. The lowest BCUT2D eigenvalue weighted by atomic mass is 10.1. The van der Waals surface area contributed by atoms with Crippen LogP contribution in [0.1, 0.15) is 33.9 Å². The number of hydrogen-bond acceptors (Lipinski definition) is 7. The highest BCUT2D eigenvalue weighted by Gasteiger charge is 2.20. The minimum atomic E-state index is -0.305. The first-order valence-electron chi connectivity index (χ1n) is 7.21. The molecule has 0 aliphatic heterocycles. The van der Waals surface area contributed by atoms with Crippen LogP contribution in [0.5, 0.6) is 0 Å². The third-order valence-corrected chi connectivity index (χ3v) is 5.51. The minimum absolute atomic E-state index is 0.0300. The van der Waals surface area contributed by atoms with Gasteiger partial charge in [-0.05, 0) is 26.0 Å². The van der Waals surface area contributed by atoms with Crippen molar-refractivity contribution in [3.8, 4) is 0 Å². The van der Waals surface area contributed by atoms with Crippen molar-refractivity contribution in [3.63, 3.8) is 0 Å². The van der Waals surface area contributed by atoms with Gasteiger partial charge in [0.1, 0.15) is 0 Å². The van der Waals surface area contributed by atoms with Crippen LogP contribution in [-0.2, 0) is 6.42 Å². The number of benzene rings is 1. The Balaban J connectivity index is 1.63. The molecule has 0 saturated heterocycles. The summed E-state index contributed by atoms with van der Waals surface area (Å²) in [6.45, 7) is 3.79. The fourth-order valence-electron chi connectivity index (χ4n) is 2.06. The third-order valence-electron chi connectivity index (χ3n) is 3.22. The van der Waals surface area contributed by atoms with Crippen LogP contribution in [0.25, 0.3) is 0 Å². The van der Waals surface area contributed by atoms with E-state index in [4.69, 9.17) is 4.42 Å². The van der Waals surface area contributed by atoms with Crippen LogP contribution in [0.15, 0.2) is 43.8 Å². The number of thioether (sulfide) groups is 1. The van der Waals surface area contributed by atoms with Crippen LogP contribution in [0.4, 0.5) is 0 Å². The van der Waals surface area contributed by atoms with Crippen molar-refractivity contribution in [1.82, 2.24) is 15.2 Å². The van der Waals surface area contributed by atoms with Crippen molar-refractivity contribution in [2.24, 2.45) is 0 Å². The molecule has 0 aliphatic carbocycles. The molecule has 24 heavy (non-hydrogen) atoms. The topological polar surface area (TPSA) is 68.9 Å². The number of rotatable bonds is 6. The Bertz CT molecular complexity index is 845. The fourth-order valence-corrected chi connectivity index (χ4v) is 3.71. The summed E-state index contributed by atoms with van der Waals surface area (Å²) in [4.78, 5) is 16.8. The van der Waals surface area contributed by atoms with Crippen molar-refractivity contribution in [3.05, 3.63) is 56.3 Å². The maximum Gasteiger partial charge on any atom is 0.277 e. The summed E-state index contributed by atoms with van der Waals surface area (Å²) in [6, 6.07) is 7.30. The summed E-state index contributed by atoms with van der Waals surface area (Å²) in [5, 5.41) is 11.1. The van der Waals surface area contributed by atoms with Crippen molar-refractivity contribution < 1.29 is 9.21 Å². The summed E-state index contributed by atoms with van der Waals surface area (Å²) in [5.74, 6) is 0.536. The number of halogens is 1. The quantitative estimate of drug-likeness (QED) is 0.427. The third kappa shape index (κ3) is 4.31. The summed E-state index contributed by atoms with van der Waals surface area (Å²) < 4.78 is 6.56. The number of carbonyl (C=O) groups is 1. The SMILES string of the molecule is Cc1nc(Cc2nnc(SC(C)C(=O)c3ccc(Br)cc3)o2)cs1. The lowest BCUT2D eigenvalue weighted by molar-refractivity contribution is 0.0993. The van der Waals surface area contributed by atoms with Crippen LogP contribution in [-0.4, -0.2) is 26.2 Å². The molecule has 0 bridgehead atoms. The summed E-state index contributed by atoms with van der Waals surface area (Å²) in [7, 11) is 0. The first-order chi connectivity index (χ1) is 11.5. The van der Waals surface area contributed by atoms with Crippen LogP contribution >= 0.6 is 39.0 Å². The van der Waals surface area contributed by atoms with Crippen LogP contribution in [0.2, 0.25) is 0 Å². The molecule has 8 heteroatoms. The molecule has 3 rings (SSSR count). The van der Waals surface area contributed by atoms with Crippen LogP contribution in [0, 0.1) is 6.92 Å². The maximum absolute atomic E-state index is 12.4. The van der Waals surface area contributed by atoms with E-state index in [1.165, 1.54) is 11.8 Å². The largest absolute Gasteiger partial charge is 0.416 e. The van der Waals surface area contributed by atoms with E-state index < -0.39 is 0 Å². The van der Waals surface area contributed by atoms with Gasteiger partial charge in [-0.15, -0.1) is 21.5 Å². The van der Waals surface area contributed by atoms with E-state index in [0.717, 1.165) is 15.2 Å². The van der Waals surface area contributed by atoms with E-state index in [1.54, 1.807) is 23.5 Å². The fraction of sp³-hybridized carbons (Fsp3) is 0.250. The number of ketones is 1. The van der Waals surface area contributed by atoms with Crippen LogP contribution < -0.4 is 0 Å². The molecule has 1 atom stereocenters. The lowest BCUT2D eigenvalue weighted by Crippen LogP contribution is -2.13. The first kappa shape index (κ1) is 17.3. The molecule has 0 amide bonds. The second-order valence-electron chi connectivity index (χ2n) is 5.13. The Kier molecular flexibility index (Phi) is 5.47. The zero-order chi connectivity index (χ0) is 17.1. The molecule has 2 aromatic heterocycles. The van der Waals surface area contributed by atoms with Crippen molar-refractivity contribution >= 4 is 44.8 Å². The maximum atomic E-state index is 12.4. The predicted octanol–water partition coefficient (Wildman–Crippen LogP) is 4.55. The van der Waals surface area contributed by atoms with Gasteiger partial charge in [0.05, 0.1) is 22.4 Å². The number of aryl methyl sites for hydroxylation is 1. The highest BCUT2D eigenvalue weighted by atomic mass is 79.9. The molecule has 0 saturated carbocycles. The van der Waals surface area contributed by atoms with E-state index in [2.05, 4.69) is 31.1 Å². The van der Waals surface area contributed by atoms with Gasteiger partial charge < -0.3 is 4.42 Å². The van der Waals surface area contributed by atoms with Gasteiger partial charge in [0.25, 0.3) is 5.22 Å². The van der Waals surface area contributed by atoms with E-state index in [1.807, 2.05) is 31.4 Å². The number of hydrogen-bond donors (Lipinski definition) is 0. The van der Waals surface area contributed by atoms with Gasteiger partial charge in [-0.25, -0.2) is 4.98 Å². The molecule has 124 valence electrons. The van der Waals surface area contributed by atoms with Crippen molar-refractivity contribution in [1.29, 1.82) is 0 Å². The Morgan fingerprint density at radius 3 is 2.75 bits per heavy atom. The standard InChI is InChI=1S/C16H14BrN3O2S2/c1-9(15(21)11-3-5-12(17)6-4-11)24-16-20-19-14(22-16)7-13-8-23-10(2)18-13/h3-6,8-9H,7H2,1-2H3. The van der Waals surface area contributed by atoms with Crippen LogP contribution in [0.3, 0.4) is 0 Å². The monoisotopic (exact) mass is 423 g/mol. The molecule has 2 heterocycles. The van der Waals surface area contributed by atoms with E-state index in [9.17, 15) is 4.79 Å². The Labute approximate surface area is 156 Å². The van der Waals surface area contributed by atoms with Gasteiger partial charge in [-0.2, -0.15) is 0 Å². The lowest BCUT2D eigenvalue weighted by Gasteiger charge is -2.07. The normalized spacial score (nSPS) is 12.3. The summed E-state index contributed by atoms with van der Waals surface area (Å²) in [5.41, 5.74) is 1.58. The summed E-state index contributed by atoms with van der Waals surface area (Å²) >= 11 is 6.22. The number of thiazole rings is 1. The Morgan fingerprint density at radius 2 is 2.08 bits per heavy atom. The number of nitrogens with zero attached hydrogens (tertiary/aromatic N) is 3. The van der Waals surface area contributed by atoms with Crippen molar-refractivity contribution in [2.45, 2.75) is 30.7 Å². The van der Waals surface area contributed by atoms with Gasteiger partial charge in [0.2, 0.25) is 5.89 Å². The zero-order valence-corrected chi connectivity index (χ0v) is 16.2. The molecule has 5 nitrogen and oxygen atoms in total. The molecular weight excluding hydrogens is 410 g/mol. The van der Waals surface area contributed by atoms with E-state index >= 15 is 0 Å². The minimum Gasteiger partial charge on any atom is -0.416 e. The van der Waals surface area contributed by atoms with E-state index in [-0.39, 0.29) is 11.0 Å². The molecule has 0 radical (unpaired) electrons. The molecule has 0 spiro atoms. The highest BCUT2D eigenvalue weighted by molar-refractivity contribution is 9.10. The average Bonchev–Trinajstić information content (AvgIpc) is 3.17. The molecule has 0 N–H and O–H groups in total. The molecule has 0 aliphatic rings. The molecular formula is C16H14BrN3O2S2. The van der Waals surface area contributed by atoms with Gasteiger partial charge in [0.15, 0.2) is 5.78 Å². The molecule has 0 fully saturated rings. The van der Waals surface area contributed by atoms with Gasteiger partial charge >= 0.3 is 0 Å². The predicted molar refractivity (Wildman–Crippen MR) is 97.7 cm³/mol. The number of carbonyl (C=O) groups excluding carboxylic acids is 1. The van der Waals surface area contributed by atoms with Crippen molar-refractivity contribution in [2.75, 3.05) is 0 Å². The average molecular weight is 424 g/mol. The molecule has 1 aromatic carbocycles. The van der Waals surface area contributed by atoms with Gasteiger partial charge in [-0.3, -0.25) is 4.79 Å². The summed E-state index contributed by atoms with van der Waals surface area (Å²) in [6.07, 6.45) is 0.507. The Hall–Kier alpha value is -1.51.